The van der Waals surface area contributed by atoms with E-state index >= 15 is 0 Å². The molecule has 6 nitrogen and oxygen atoms in total. The Hall–Kier alpha value is -2.68. The van der Waals surface area contributed by atoms with Crippen molar-refractivity contribution in [2.24, 2.45) is 5.92 Å². The van der Waals surface area contributed by atoms with Crippen LogP contribution in [0.2, 0.25) is 0 Å². The average molecular weight is 408 g/mol. The summed E-state index contributed by atoms with van der Waals surface area (Å²) in [5, 5.41) is 9.23. The number of hydrogen-bond donors (Lipinski definition) is 2. The van der Waals surface area contributed by atoms with Gasteiger partial charge in [0.05, 0.1) is 11.3 Å². The number of halogens is 3. The number of alkyl halides is 3. The second-order valence-electron chi connectivity index (χ2n) is 7.02. The highest BCUT2D eigenvalue weighted by molar-refractivity contribution is 5.95. The molecule has 3 rings (SSSR count). The van der Waals surface area contributed by atoms with Gasteiger partial charge in [-0.05, 0) is 44.5 Å². The highest BCUT2D eigenvalue weighted by atomic mass is 19.4. The molecule has 1 saturated heterocycles. The normalized spacial score (nSPS) is 15.3. The minimum Gasteiger partial charge on any atom is -0.352 e. The molecule has 9 heteroatoms. The molecule has 1 aliphatic heterocycles. The van der Waals surface area contributed by atoms with Gasteiger partial charge in [0.2, 0.25) is 0 Å². The lowest BCUT2D eigenvalue weighted by Gasteiger charge is -2.21. The number of nitrogens with zero attached hydrogens (tertiary/aromatic N) is 2. The number of piperidine rings is 1. The summed E-state index contributed by atoms with van der Waals surface area (Å²) < 4.78 is 41.0. The molecule has 0 radical (unpaired) electrons. The molecule has 2 heterocycles. The van der Waals surface area contributed by atoms with Crippen LogP contribution in [-0.4, -0.2) is 41.1 Å². The van der Waals surface area contributed by atoms with E-state index in [1.54, 1.807) is 30.3 Å². The van der Waals surface area contributed by atoms with E-state index in [1.807, 2.05) is 0 Å². The first kappa shape index (κ1) is 21.0. The zero-order valence-electron chi connectivity index (χ0n) is 15.8. The first-order valence-electron chi connectivity index (χ1n) is 9.60. The summed E-state index contributed by atoms with van der Waals surface area (Å²) >= 11 is 0. The Morgan fingerprint density at radius 1 is 1.17 bits per heavy atom. The van der Waals surface area contributed by atoms with Crippen molar-refractivity contribution < 1.29 is 22.8 Å². The summed E-state index contributed by atoms with van der Waals surface area (Å²) in [7, 11) is 0. The monoisotopic (exact) mass is 408 g/mol. The zero-order valence-corrected chi connectivity index (χ0v) is 15.8. The van der Waals surface area contributed by atoms with Gasteiger partial charge in [-0.15, -0.1) is 0 Å². The molecule has 0 spiro atoms. The molecule has 1 fully saturated rings. The number of para-hydroxylation sites is 1. The average Bonchev–Trinajstić information content (AvgIpc) is 3.18. The third-order valence-corrected chi connectivity index (χ3v) is 4.93. The lowest BCUT2D eigenvalue weighted by Crippen LogP contribution is -2.32. The van der Waals surface area contributed by atoms with Crippen molar-refractivity contribution in [1.29, 1.82) is 0 Å². The molecule has 1 aliphatic rings. The number of nitrogens with one attached hydrogen (secondary N) is 2. The van der Waals surface area contributed by atoms with Gasteiger partial charge in [0, 0.05) is 25.1 Å². The summed E-state index contributed by atoms with van der Waals surface area (Å²) in [6.45, 7) is 1.76. The van der Waals surface area contributed by atoms with Crippen LogP contribution in [0.4, 0.5) is 13.2 Å². The van der Waals surface area contributed by atoms with Crippen LogP contribution in [0.25, 0.3) is 5.69 Å². The lowest BCUT2D eigenvalue weighted by atomic mass is 9.91. The highest BCUT2D eigenvalue weighted by Gasteiger charge is 2.39. The fourth-order valence-corrected chi connectivity index (χ4v) is 3.37. The van der Waals surface area contributed by atoms with E-state index in [0.29, 0.717) is 18.5 Å². The Balaban J connectivity index is 1.61. The maximum Gasteiger partial charge on any atom is 0.435 e. The fraction of sp³-hybridized carbons (Fsp3) is 0.450. The molecule has 2 aromatic rings. The third kappa shape index (κ3) is 5.44. The number of aromatic nitrogens is 2. The smallest absolute Gasteiger partial charge is 0.352 e. The van der Waals surface area contributed by atoms with Crippen LogP contribution >= 0.6 is 0 Å². The molecule has 1 aromatic carbocycles. The Morgan fingerprint density at radius 2 is 1.86 bits per heavy atom. The van der Waals surface area contributed by atoms with Crippen LogP contribution in [0.5, 0.6) is 0 Å². The molecule has 0 atom stereocenters. The van der Waals surface area contributed by atoms with Crippen molar-refractivity contribution in [3.63, 3.8) is 0 Å². The maximum atomic E-state index is 13.3. The first-order chi connectivity index (χ1) is 13.9. The fourth-order valence-electron chi connectivity index (χ4n) is 3.37. The molecular formula is C20H23F3N4O2. The number of hydrogen-bond acceptors (Lipinski definition) is 4. The first-order valence-corrected chi connectivity index (χ1v) is 9.60. The number of amides is 1. The van der Waals surface area contributed by atoms with Crippen molar-refractivity contribution in [1.82, 2.24) is 20.4 Å². The van der Waals surface area contributed by atoms with Crippen LogP contribution in [-0.2, 0) is 11.0 Å². The second-order valence-corrected chi connectivity index (χ2v) is 7.02. The summed E-state index contributed by atoms with van der Waals surface area (Å²) in [5.41, 5.74) is -1.35. The molecule has 0 bridgehead atoms. The molecular weight excluding hydrogens is 385 g/mol. The van der Waals surface area contributed by atoms with Gasteiger partial charge in [0.1, 0.15) is 5.78 Å². The number of Topliss-reactive ketones (excluding diaryl/α,β-unsaturated/α-hetero) is 1. The van der Waals surface area contributed by atoms with Crippen molar-refractivity contribution in [2.75, 3.05) is 19.6 Å². The Morgan fingerprint density at radius 3 is 2.52 bits per heavy atom. The standard InChI is InChI=1S/C20H23F3N4O2/c21-20(22,23)18-16(13-27(26-18)15-5-2-1-3-6-15)19(29)25-10-4-7-17(28)14-8-11-24-12-9-14/h1-3,5-6,13-14,24H,4,7-12H2,(H,25,29). The van der Waals surface area contributed by atoms with Crippen LogP contribution < -0.4 is 10.6 Å². The highest BCUT2D eigenvalue weighted by Crippen LogP contribution is 2.31. The third-order valence-electron chi connectivity index (χ3n) is 4.93. The minimum absolute atomic E-state index is 0.0351. The zero-order chi connectivity index (χ0) is 20.9. The number of benzene rings is 1. The summed E-state index contributed by atoms with van der Waals surface area (Å²) in [5.74, 6) is -0.671. The molecule has 0 saturated carbocycles. The molecule has 0 unspecified atom stereocenters. The second kappa shape index (κ2) is 9.21. The van der Waals surface area contributed by atoms with Gasteiger partial charge in [0.25, 0.3) is 5.91 Å². The van der Waals surface area contributed by atoms with Gasteiger partial charge in [-0.25, -0.2) is 4.68 Å². The lowest BCUT2D eigenvalue weighted by molar-refractivity contribution is -0.141. The number of rotatable bonds is 7. The Kier molecular flexibility index (Phi) is 6.68. The van der Waals surface area contributed by atoms with Crippen molar-refractivity contribution >= 4 is 11.7 Å². The van der Waals surface area contributed by atoms with Crippen LogP contribution in [0.3, 0.4) is 0 Å². The van der Waals surface area contributed by atoms with E-state index in [2.05, 4.69) is 15.7 Å². The van der Waals surface area contributed by atoms with Gasteiger partial charge in [-0.1, -0.05) is 18.2 Å². The molecule has 29 heavy (non-hydrogen) atoms. The van der Waals surface area contributed by atoms with Crippen LogP contribution in [0.15, 0.2) is 36.5 Å². The summed E-state index contributed by atoms with van der Waals surface area (Å²) in [6, 6.07) is 8.27. The predicted molar refractivity (Wildman–Crippen MR) is 101 cm³/mol. The molecule has 1 amide bonds. The van der Waals surface area contributed by atoms with Crippen molar-refractivity contribution in [3.05, 3.63) is 47.8 Å². The van der Waals surface area contributed by atoms with E-state index in [9.17, 15) is 22.8 Å². The van der Waals surface area contributed by atoms with Gasteiger partial charge < -0.3 is 10.6 Å². The molecule has 1 aromatic heterocycles. The molecule has 0 aliphatic carbocycles. The van der Waals surface area contributed by atoms with E-state index in [-0.39, 0.29) is 18.2 Å². The summed E-state index contributed by atoms with van der Waals surface area (Å²) in [6.07, 6.45) is -1.37. The van der Waals surface area contributed by atoms with Crippen LogP contribution in [0.1, 0.15) is 41.7 Å². The minimum atomic E-state index is -4.75. The van der Waals surface area contributed by atoms with Crippen LogP contribution in [0, 0.1) is 5.92 Å². The molecule has 2 N–H and O–H groups in total. The van der Waals surface area contributed by atoms with E-state index in [1.165, 1.54) is 0 Å². The predicted octanol–water partition coefficient (Wildman–Crippen LogP) is 2.97. The van der Waals surface area contributed by atoms with Crippen molar-refractivity contribution in [2.45, 2.75) is 31.9 Å². The quantitative estimate of drug-likeness (QED) is 0.691. The Bertz CT molecular complexity index is 843. The number of ketones is 1. The SMILES string of the molecule is O=C(NCCCC(=O)C1CCNCC1)c1cn(-c2ccccc2)nc1C(F)(F)F. The largest absolute Gasteiger partial charge is 0.435 e. The number of carbonyl (C=O) groups is 2. The maximum absolute atomic E-state index is 13.3. The van der Waals surface area contributed by atoms with Gasteiger partial charge >= 0.3 is 6.18 Å². The van der Waals surface area contributed by atoms with Gasteiger partial charge in [-0.2, -0.15) is 18.3 Å². The summed E-state index contributed by atoms with van der Waals surface area (Å²) in [4.78, 5) is 24.5. The van der Waals surface area contributed by atoms with E-state index in [0.717, 1.165) is 36.8 Å². The van der Waals surface area contributed by atoms with E-state index in [4.69, 9.17) is 0 Å². The Labute approximate surface area is 166 Å². The number of carbonyl (C=O) groups excluding carboxylic acids is 2. The topological polar surface area (TPSA) is 76.0 Å². The molecule has 156 valence electrons. The van der Waals surface area contributed by atoms with Gasteiger partial charge in [-0.3, -0.25) is 9.59 Å². The van der Waals surface area contributed by atoms with Crippen molar-refractivity contribution in [3.8, 4) is 5.69 Å². The van der Waals surface area contributed by atoms with E-state index < -0.39 is 23.3 Å². The van der Waals surface area contributed by atoms with Gasteiger partial charge in [0.15, 0.2) is 5.69 Å².